The maximum Gasteiger partial charge on any atom is 0.262 e. The number of carbonyl (C=O) groups excluding carboxylic acids is 2. The minimum absolute atomic E-state index is 0.0259. The van der Waals surface area contributed by atoms with Crippen LogP contribution in [0.3, 0.4) is 0 Å². The smallest absolute Gasteiger partial charge is 0.262 e. The standard InChI is InChI=1S/C20H22N2O3/c1-13(2)22(11-15-6-4-14(3)5-7-15)20(24)16-8-9-17-18(10-16)25-12-19(23)21-17/h4-10,13H,11-12H2,1-3H3,(H,21,23). The Morgan fingerprint density at radius 1 is 1.20 bits per heavy atom. The molecule has 0 saturated carbocycles. The first-order valence-electron chi connectivity index (χ1n) is 8.37. The first-order valence-corrected chi connectivity index (χ1v) is 8.37. The Kier molecular flexibility index (Phi) is 4.74. The number of benzene rings is 2. The summed E-state index contributed by atoms with van der Waals surface area (Å²) in [6.45, 7) is 6.57. The van der Waals surface area contributed by atoms with Gasteiger partial charge in [0.15, 0.2) is 6.61 Å². The molecular weight excluding hydrogens is 316 g/mol. The van der Waals surface area contributed by atoms with E-state index in [2.05, 4.69) is 5.32 Å². The molecule has 0 bridgehead atoms. The van der Waals surface area contributed by atoms with Gasteiger partial charge in [0.05, 0.1) is 5.69 Å². The van der Waals surface area contributed by atoms with Gasteiger partial charge >= 0.3 is 0 Å². The van der Waals surface area contributed by atoms with Crippen LogP contribution < -0.4 is 10.1 Å². The number of fused-ring (bicyclic) bond motifs is 1. The molecule has 1 heterocycles. The van der Waals surface area contributed by atoms with Crippen molar-refractivity contribution in [3.05, 3.63) is 59.2 Å². The third kappa shape index (κ3) is 3.82. The third-order valence-electron chi connectivity index (χ3n) is 4.22. The summed E-state index contributed by atoms with van der Waals surface area (Å²) in [5.74, 6) is 0.290. The van der Waals surface area contributed by atoms with Crippen LogP contribution in [0.15, 0.2) is 42.5 Å². The lowest BCUT2D eigenvalue weighted by molar-refractivity contribution is -0.118. The summed E-state index contributed by atoms with van der Waals surface area (Å²) in [5, 5.41) is 2.73. The van der Waals surface area contributed by atoms with E-state index in [0.717, 1.165) is 5.56 Å². The van der Waals surface area contributed by atoms with Gasteiger partial charge in [0.2, 0.25) is 0 Å². The molecule has 1 aliphatic rings. The molecule has 0 spiro atoms. The predicted molar refractivity (Wildman–Crippen MR) is 96.8 cm³/mol. The number of nitrogens with one attached hydrogen (secondary N) is 1. The molecule has 2 aromatic rings. The van der Waals surface area contributed by atoms with E-state index in [1.807, 2.05) is 49.9 Å². The van der Waals surface area contributed by atoms with Crippen LogP contribution in [0.2, 0.25) is 0 Å². The molecule has 2 amide bonds. The van der Waals surface area contributed by atoms with Crippen LogP contribution >= 0.6 is 0 Å². The van der Waals surface area contributed by atoms with Gasteiger partial charge in [0.25, 0.3) is 11.8 Å². The number of aryl methyl sites for hydroxylation is 1. The van der Waals surface area contributed by atoms with Gasteiger partial charge in [0, 0.05) is 18.2 Å². The lowest BCUT2D eigenvalue weighted by Crippen LogP contribution is -2.36. The predicted octanol–water partition coefficient (Wildman–Crippen LogP) is 3.38. The van der Waals surface area contributed by atoms with Gasteiger partial charge in [-0.05, 0) is 44.5 Å². The van der Waals surface area contributed by atoms with Crippen molar-refractivity contribution in [2.75, 3.05) is 11.9 Å². The highest BCUT2D eigenvalue weighted by molar-refractivity contribution is 5.99. The van der Waals surface area contributed by atoms with Crippen molar-refractivity contribution in [3.8, 4) is 5.75 Å². The Morgan fingerprint density at radius 2 is 1.92 bits per heavy atom. The van der Waals surface area contributed by atoms with Gasteiger partial charge in [-0.2, -0.15) is 0 Å². The molecule has 5 nitrogen and oxygen atoms in total. The van der Waals surface area contributed by atoms with Gasteiger partial charge in [-0.3, -0.25) is 9.59 Å². The molecule has 2 aromatic carbocycles. The highest BCUT2D eigenvalue weighted by Crippen LogP contribution is 2.29. The summed E-state index contributed by atoms with van der Waals surface area (Å²) >= 11 is 0. The van der Waals surface area contributed by atoms with Crippen LogP contribution in [0.1, 0.15) is 35.3 Å². The normalized spacial score (nSPS) is 13.0. The Hall–Kier alpha value is -2.82. The van der Waals surface area contributed by atoms with E-state index in [1.165, 1.54) is 5.56 Å². The molecule has 3 rings (SSSR count). The number of rotatable bonds is 4. The molecule has 1 N–H and O–H groups in total. The fraction of sp³-hybridized carbons (Fsp3) is 0.300. The Morgan fingerprint density at radius 3 is 2.60 bits per heavy atom. The van der Waals surface area contributed by atoms with E-state index in [1.54, 1.807) is 18.2 Å². The van der Waals surface area contributed by atoms with Crippen LogP contribution in [0, 0.1) is 6.92 Å². The third-order valence-corrected chi connectivity index (χ3v) is 4.22. The minimum atomic E-state index is -0.185. The zero-order chi connectivity index (χ0) is 18.0. The highest BCUT2D eigenvalue weighted by Gasteiger charge is 2.22. The first kappa shape index (κ1) is 17.0. The number of amides is 2. The molecule has 25 heavy (non-hydrogen) atoms. The van der Waals surface area contributed by atoms with Gasteiger partial charge in [-0.25, -0.2) is 0 Å². The van der Waals surface area contributed by atoms with Crippen molar-refractivity contribution in [1.29, 1.82) is 0 Å². The van der Waals surface area contributed by atoms with Crippen LogP contribution in [-0.2, 0) is 11.3 Å². The maximum atomic E-state index is 13.0. The second kappa shape index (κ2) is 6.97. The van der Waals surface area contributed by atoms with Crippen molar-refractivity contribution < 1.29 is 14.3 Å². The molecule has 1 aliphatic heterocycles. The number of carbonyl (C=O) groups is 2. The molecule has 0 saturated heterocycles. The number of ether oxygens (including phenoxy) is 1. The minimum Gasteiger partial charge on any atom is -0.482 e. The quantitative estimate of drug-likeness (QED) is 0.930. The summed E-state index contributed by atoms with van der Waals surface area (Å²) in [4.78, 5) is 26.2. The van der Waals surface area contributed by atoms with Crippen LogP contribution in [0.5, 0.6) is 5.75 Å². The van der Waals surface area contributed by atoms with E-state index in [0.29, 0.717) is 23.5 Å². The van der Waals surface area contributed by atoms with E-state index >= 15 is 0 Å². The Labute approximate surface area is 147 Å². The molecule has 0 aliphatic carbocycles. The maximum absolute atomic E-state index is 13.0. The van der Waals surface area contributed by atoms with Gasteiger partial charge in [-0.15, -0.1) is 0 Å². The molecule has 0 atom stereocenters. The van der Waals surface area contributed by atoms with Crippen LogP contribution in [0.4, 0.5) is 5.69 Å². The average Bonchev–Trinajstić information content (AvgIpc) is 2.60. The topological polar surface area (TPSA) is 58.6 Å². The molecule has 5 heteroatoms. The van der Waals surface area contributed by atoms with Crippen molar-refractivity contribution >= 4 is 17.5 Å². The highest BCUT2D eigenvalue weighted by atomic mass is 16.5. The number of hydrogen-bond acceptors (Lipinski definition) is 3. The number of hydrogen-bond donors (Lipinski definition) is 1. The fourth-order valence-electron chi connectivity index (χ4n) is 2.75. The zero-order valence-corrected chi connectivity index (χ0v) is 14.7. The Bertz CT molecular complexity index is 797. The summed E-state index contributed by atoms with van der Waals surface area (Å²) in [6.07, 6.45) is 0. The summed E-state index contributed by atoms with van der Waals surface area (Å²) < 4.78 is 5.42. The second-order valence-electron chi connectivity index (χ2n) is 6.56. The molecule has 0 unspecified atom stereocenters. The molecule has 130 valence electrons. The molecule has 0 fully saturated rings. The van der Waals surface area contributed by atoms with Gasteiger partial charge < -0.3 is 15.0 Å². The number of anilines is 1. The summed E-state index contributed by atoms with van der Waals surface area (Å²) in [7, 11) is 0. The first-order chi connectivity index (χ1) is 11.9. The van der Waals surface area contributed by atoms with Crippen LogP contribution in [0.25, 0.3) is 0 Å². The number of nitrogens with zero attached hydrogens (tertiary/aromatic N) is 1. The van der Waals surface area contributed by atoms with Crippen molar-refractivity contribution in [2.45, 2.75) is 33.4 Å². The van der Waals surface area contributed by atoms with Gasteiger partial charge in [0.1, 0.15) is 5.75 Å². The van der Waals surface area contributed by atoms with E-state index in [-0.39, 0.29) is 24.5 Å². The fourth-order valence-corrected chi connectivity index (χ4v) is 2.75. The van der Waals surface area contributed by atoms with E-state index in [4.69, 9.17) is 4.74 Å². The molecular formula is C20H22N2O3. The van der Waals surface area contributed by atoms with Gasteiger partial charge in [-0.1, -0.05) is 29.8 Å². The lowest BCUT2D eigenvalue weighted by Gasteiger charge is -2.28. The molecule has 0 radical (unpaired) electrons. The SMILES string of the molecule is Cc1ccc(CN(C(=O)c2ccc3c(c2)OCC(=O)N3)C(C)C)cc1. The average molecular weight is 338 g/mol. The van der Waals surface area contributed by atoms with Crippen molar-refractivity contribution in [2.24, 2.45) is 0 Å². The zero-order valence-electron chi connectivity index (χ0n) is 14.7. The Balaban J connectivity index is 1.83. The van der Waals surface area contributed by atoms with E-state index in [9.17, 15) is 9.59 Å². The molecule has 0 aromatic heterocycles. The van der Waals surface area contributed by atoms with Crippen molar-refractivity contribution in [1.82, 2.24) is 4.90 Å². The van der Waals surface area contributed by atoms with E-state index < -0.39 is 0 Å². The second-order valence-corrected chi connectivity index (χ2v) is 6.56. The van der Waals surface area contributed by atoms with Crippen LogP contribution in [-0.4, -0.2) is 29.4 Å². The van der Waals surface area contributed by atoms with Crippen molar-refractivity contribution in [3.63, 3.8) is 0 Å². The largest absolute Gasteiger partial charge is 0.482 e. The monoisotopic (exact) mass is 338 g/mol. The summed E-state index contributed by atoms with van der Waals surface area (Å²) in [5.41, 5.74) is 3.44. The summed E-state index contributed by atoms with van der Waals surface area (Å²) in [6, 6.07) is 13.4. The lowest BCUT2D eigenvalue weighted by atomic mass is 10.1.